The van der Waals surface area contributed by atoms with Gasteiger partial charge in [-0.15, -0.1) is 0 Å². The fraction of sp³-hybridized carbons (Fsp3) is 0.0526. The van der Waals surface area contributed by atoms with Gasteiger partial charge in [-0.25, -0.2) is 9.83 Å². The molecule has 0 radical (unpaired) electrons. The maximum atomic E-state index is 8.92. The second-order valence-electron chi connectivity index (χ2n) is 5.06. The topological polar surface area (TPSA) is 53.9 Å². The Kier molecular flexibility index (Phi) is 3.82. The lowest BCUT2D eigenvalue weighted by atomic mass is 10.0. The minimum absolute atomic E-state index is 0.592. The third-order valence-electron chi connectivity index (χ3n) is 3.45. The Bertz CT molecular complexity index is 927. The molecule has 0 bridgehead atoms. The van der Waals surface area contributed by atoms with E-state index >= 15 is 0 Å². The summed E-state index contributed by atoms with van der Waals surface area (Å²) < 4.78 is 0. The van der Waals surface area contributed by atoms with Crippen molar-refractivity contribution in [1.29, 1.82) is 5.26 Å². The van der Waals surface area contributed by atoms with E-state index in [1.54, 1.807) is 30.5 Å². The van der Waals surface area contributed by atoms with Crippen LogP contribution in [0.25, 0.3) is 27.4 Å². The van der Waals surface area contributed by atoms with E-state index < -0.39 is 0 Å². The number of rotatable bonds is 2. The van der Waals surface area contributed by atoms with Gasteiger partial charge in [0, 0.05) is 11.8 Å². The van der Waals surface area contributed by atoms with Crippen LogP contribution in [0.3, 0.4) is 0 Å². The van der Waals surface area contributed by atoms with Gasteiger partial charge in [0.25, 0.3) is 0 Å². The van der Waals surface area contributed by atoms with Crippen molar-refractivity contribution in [3.63, 3.8) is 0 Å². The summed E-state index contributed by atoms with van der Waals surface area (Å²) in [5, 5.41) is 8.92. The number of benzene rings is 2. The van der Waals surface area contributed by atoms with E-state index in [0.717, 1.165) is 28.2 Å². The first-order valence-corrected chi connectivity index (χ1v) is 7.03. The normalized spacial score (nSPS) is 9.87. The molecule has 23 heavy (non-hydrogen) atoms. The standard InChI is InChI=1S/C19H12N4/c1-13-12-22-18(15-5-3-14(11-20)4-6-15)19(23-13)16-7-9-17(21-2)10-8-16/h3-10,12H,1H3. The molecule has 1 aromatic heterocycles. The van der Waals surface area contributed by atoms with E-state index in [1.807, 2.05) is 31.2 Å². The lowest BCUT2D eigenvalue weighted by Crippen LogP contribution is -1.95. The van der Waals surface area contributed by atoms with E-state index in [2.05, 4.69) is 20.9 Å². The average molecular weight is 296 g/mol. The first kappa shape index (κ1) is 14.4. The molecule has 0 N–H and O–H groups in total. The number of hydrogen-bond donors (Lipinski definition) is 0. The minimum atomic E-state index is 0.592. The van der Waals surface area contributed by atoms with Crippen LogP contribution in [0.4, 0.5) is 5.69 Å². The highest BCUT2D eigenvalue weighted by atomic mass is 14.8. The van der Waals surface area contributed by atoms with Crippen molar-refractivity contribution in [3.8, 4) is 28.6 Å². The molecule has 4 heteroatoms. The Balaban J connectivity index is 2.14. The van der Waals surface area contributed by atoms with Crippen molar-refractivity contribution in [1.82, 2.24) is 9.97 Å². The Morgan fingerprint density at radius 3 is 2.17 bits per heavy atom. The van der Waals surface area contributed by atoms with Crippen molar-refractivity contribution in [2.45, 2.75) is 6.92 Å². The van der Waals surface area contributed by atoms with Gasteiger partial charge < -0.3 is 0 Å². The third-order valence-corrected chi connectivity index (χ3v) is 3.45. The average Bonchev–Trinajstić information content (AvgIpc) is 2.62. The van der Waals surface area contributed by atoms with E-state index in [-0.39, 0.29) is 0 Å². The van der Waals surface area contributed by atoms with Crippen molar-refractivity contribution in [2.24, 2.45) is 0 Å². The van der Waals surface area contributed by atoms with Crippen LogP contribution in [-0.4, -0.2) is 9.97 Å². The SMILES string of the molecule is [C-]#[N+]c1ccc(-c2nc(C)cnc2-c2ccc(C#N)cc2)cc1. The summed E-state index contributed by atoms with van der Waals surface area (Å²) in [5.41, 5.74) is 5.37. The quantitative estimate of drug-likeness (QED) is 0.652. The molecule has 3 aromatic rings. The summed E-state index contributed by atoms with van der Waals surface area (Å²) in [6.07, 6.45) is 1.73. The Morgan fingerprint density at radius 1 is 0.957 bits per heavy atom. The van der Waals surface area contributed by atoms with Crippen LogP contribution in [0.2, 0.25) is 0 Å². The van der Waals surface area contributed by atoms with Crippen LogP contribution < -0.4 is 0 Å². The molecule has 0 fully saturated rings. The molecule has 0 unspecified atom stereocenters. The molecule has 4 nitrogen and oxygen atoms in total. The van der Waals surface area contributed by atoms with Gasteiger partial charge in [0.05, 0.1) is 35.3 Å². The van der Waals surface area contributed by atoms with E-state index in [9.17, 15) is 0 Å². The van der Waals surface area contributed by atoms with Crippen LogP contribution in [0, 0.1) is 24.8 Å². The highest BCUT2D eigenvalue weighted by Gasteiger charge is 2.11. The van der Waals surface area contributed by atoms with Gasteiger partial charge in [-0.05, 0) is 24.6 Å². The zero-order valence-corrected chi connectivity index (χ0v) is 12.5. The van der Waals surface area contributed by atoms with Crippen molar-refractivity contribution < 1.29 is 0 Å². The summed E-state index contributed by atoms with van der Waals surface area (Å²) in [5.74, 6) is 0. The second-order valence-corrected chi connectivity index (χ2v) is 5.06. The molecule has 108 valence electrons. The zero-order valence-electron chi connectivity index (χ0n) is 12.5. The maximum absolute atomic E-state index is 8.92. The molecule has 0 atom stereocenters. The molecule has 2 aromatic carbocycles. The molecule has 3 rings (SSSR count). The van der Waals surface area contributed by atoms with Crippen LogP contribution in [0.15, 0.2) is 54.7 Å². The number of nitriles is 1. The Labute approximate surface area is 134 Å². The van der Waals surface area contributed by atoms with Crippen LogP contribution in [-0.2, 0) is 0 Å². The number of nitrogens with zero attached hydrogens (tertiary/aromatic N) is 4. The fourth-order valence-electron chi connectivity index (χ4n) is 2.29. The monoisotopic (exact) mass is 296 g/mol. The van der Waals surface area contributed by atoms with Crippen LogP contribution in [0.1, 0.15) is 11.3 Å². The molecular formula is C19H12N4. The smallest absolute Gasteiger partial charge is 0.187 e. The van der Waals surface area contributed by atoms with Crippen molar-refractivity contribution in [3.05, 3.63) is 77.4 Å². The number of aryl methyl sites for hydroxylation is 1. The lowest BCUT2D eigenvalue weighted by molar-refractivity contribution is 1.13. The third kappa shape index (κ3) is 2.92. The largest absolute Gasteiger partial charge is 0.252 e. The molecule has 0 spiro atoms. The van der Waals surface area contributed by atoms with Gasteiger partial charge >= 0.3 is 0 Å². The summed E-state index contributed by atoms with van der Waals surface area (Å²) in [6, 6.07) is 16.7. The summed E-state index contributed by atoms with van der Waals surface area (Å²) in [7, 11) is 0. The molecule has 0 saturated heterocycles. The van der Waals surface area contributed by atoms with Gasteiger partial charge in [-0.3, -0.25) is 4.98 Å². The molecule has 0 amide bonds. The first-order chi connectivity index (χ1) is 11.2. The first-order valence-electron chi connectivity index (χ1n) is 7.03. The van der Waals surface area contributed by atoms with Crippen LogP contribution >= 0.6 is 0 Å². The lowest BCUT2D eigenvalue weighted by Gasteiger charge is -2.09. The number of aromatic nitrogens is 2. The molecule has 0 aliphatic heterocycles. The molecule has 0 aliphatic carbocycles. The second kappa shape index (κ2) is 6.09. The van der Waals surface area contributed by atoms with Gasteiger partial charge in [0.2, 0.25) is 0 Å². The number of hydrogen-bond acceptors (Lipinski definition) is 3. The highest BCUT2D eigenvalue weighted by molar-refractivity contribution is 5.78. The highest BCUT2D eigenvalue weighted by Crippen LogP contribution is 2.30. The minimum Gasteiger partial charge on any atom is -0.252 e. The maximum Gasteiger partial charge on any atom is 0.187 e. The van der Waals surface area contributed by atoms with Crippen LogP contribution in [0.5, 0.6) is 0 Å². The van der Waals surface area contributed by atoms with E-state index in [1.165, 1.54) is 0 Å². The summed E-state index contributed by atoms with van der Waals surface area (Å²) in [6.45, 7) is 8.93. The summed E-state index contributed by atoms with van der Waals surface area (Å²) in [4.78, 5) is 12.5. The van der Waals surface area contributed by atoms with Crippen molar-refractivity contribution >= 4 is 5.69 Å². The Hall–Kier alpha value is -3.50. The van der Waals surface area contributed by atoms with Gasteiger partial charge in [0.1, 0.15) is 0 Å². The predicted octanol–water partition coefficient (Wildman–Crippen LogP) is 4.54. The van der Waals surface area contributed by atoms with Gasteiger partial charge in [0.15, 0.2) is 5.69 Å². The fourth-order valence-corrected chi connectivity index (χ4v) is 2.29. The van der Waals surface area contributed by atoms with Gasteiger partial charge in [-0.2, -0.15) is 5.26 Å². The molecular weight excluding hydrogens is 284 g/mol. The predicted molar refractivity (Wildman–Crippen MR) is 88.6 cm³/mol. The molecule has 0 aliphatic rings. The Morgan fingerprint density at radius 2 is 1.57 bits per heavy atom. The van der Waals surface area contributed by atoms with E-state index in [4.69, 9.17) is 11.8 Å². The van der Waals surface area contributed by atoms with Crippen molar-refractivity contribution in [2.75, 3.05) is 0 Å². The van der Waals surface area contributed by atoms with Gasteiger partial charge in [-0.1, -0.05) is 36.4 Å². The summed E-state index contributed by atoms with van der Waals surface area (Å²) >= 11 is 0. The zero-order chi connectivity index (χ0) is 16.2. The molecule has 0 saturated carbocycles. The van der Waals surface area contributed by atoms with E-state index in [0.29, 0.717) is 11.3 Å². The molecule has 1 heterocycles.